The minimum atomic E-state index is -3.56. The zero-order valence-electron chi connectivity index (χ0n) is 13.7. The first kappa shape index (κ1) is 18.4. The summed E-state index contributed by atoms with van der Waals surface area (Å²) in [6, 6.07) is 7.88. The third kappa shape index (κ3) is 5.05. The van der Waals surface area contributed by atoms with Crippen LogP contribution in [0.1, 0.15) is 5.69 Å². The number of benzene rings is 1. The number of aryl methyl sites for hydroxylation is 1. The molecule has 0 atom stereocenters. The Morgan fingerprint density at radius 3 is 2.42 bits per heavy atom. The molecule has 0 spiro atoms. The lowest BCUT2D eigenvalue weighted by atomic mass is 10.4. The molecule has 130 valence electrons. The van der Waals surface area contributed by atoms with Crippen LogP contribution in [0.25, 0.3) is 0 Å². The van der Waals surface area contributed by atoms with Gasteiger partial charge in [0.25, 0.3) is 0 Å². The van der Waals surface area contributed by atoms with Crippen molar-refractivity contribution < 1.29 is 8.42 Å². The van der Waals surface area contributed by atoms with Gasteiger partial charge in [0.05, 0.1) is 4.90 Å². The molecule has 0 saturated heterocycles. The van der Waals surface area contributed by atoms with E-state index in [9.17, 15) is 8.42 Å². The van der Waals surface area contributed by atoms with Crippen molar-refractivity contribution in [1.82, 2.24) is 14.7 Å². The first-order chi connectivity index (χ1) is 11.3. The molecule has 1 heterocycles. The molecule has 1 aromatic heterocycles. The van der Waals surface area contributed by atoms with E-state index in [1.54, 1.807) is 0 Å². The fraction of sp³-hybridized carbons (Fsp3) is 0.333. The van der Waals surface area contributed by atoms with Crippen molar-refractivity contribution >= 4 is 33.4 Å². The van der Waals surface area contributed by atoms with Gasteiger partial charge in [-0.1, -0.05) is 11.6 Å². The Balaban J connectivity index is 1.92. The summed E-state index contributed by atoms with van der Waals surface area (Å²) in [5, 5.41) is 3.51. The molecule has 9 heteroatoms. The van der Waals surface area contributed by atoms with Crippen LogP contribution < -0.4 is 14.9 Å². The van der Waals surface area contributed by atoms with Gasteiger partial charge in [-0.05, 0) is 31.2 Å². The molecule has 0 aliphatic heterocycles. The summed E-state index contributed by atoms with van der Waals surface area (Å²) in [6.07, 6.45) is 0. The van der Waals surface area contributed by atoms with Crippen LogP contribution in [-0.2, 0) is 10.0 Å². The van der Waals surface area contributed by atoms with Crippen LogP contribution in [0.4, 0.5) is 11.8 Å². The van der Waals surface area contributed by atoms with Gasteiger partial charge in [-0.2, -0.15) is 4.98 Å². The zero-order valence-corrected chi connectivity index (χ0v) is 15.3. The maximum Gasteiger partial charge on any atom is 0.240 e. The average molecular weight is 370 g/mol. The molecule has 7 nitrogen and oxygen atoms in total. The van der Waals surface area contributed by atoms with E-state index in [0.717, 1.165) is 11.5 Å². The highest BCUT2D eigenvalue weighted by Gasteiger charge is 2.13. The van der Waals surface area contributed by atoms with Crippen LogP contribution in [0.3, 0.4) is 0 Å². The molecule has 2 N–H and O–H groups in total. The first-order valence-electron chi connectivity index (χ1n) is 7.30. The Morgan fingerprint density at radius 2 is 1.79 bits per heavy atom. The Kier molecular flexibility index (Phi) is 5.98. The largest absolute Gasteiger partial charge is 0.363 e. The molecule has 0 aliphatic rings. The van der Waals surface area contributed by atoms with Gasteiger partial charge in [-0.15, -0.1) is 0 Å². The predicted molar refractivity (Wildman–Crippen MR) is 96.2 cm³/mol. The Bertz CT molecular complexity index is 794. The lowest BCUT2D eigenvalue weighted by molar-refractivity contribution is 0.583. The number of anilines is 2. The second-order valence-corrected chi connectivity index (χ2v) is 7.57. The molecule has 0 fully saturated rings. The van der Waals surface area contributed by atoms with E-state index < -0.39 is 10.0 Å². The molecular formula is C15H20ClN5O2S. The maximum absolute atomic E-state index is 12.1. The molecule has 1 aromatic carbocycles. The molecule has 24 heavy (non-hydrogen) atoms. The van der Waals surface area contributed by atoms with Crippen LogP contribution in [0.5, 0.6) is 0 Å². The first-order valence-corrected chi connectivity index (χ1v) is 9.16. The summed E-state index contributed by atoms with van der Waals surface area (Å²) in [4.78, 5) is 10.7. The number of hydrogen-bond acceptors (Lipinski definition) is 6. The molecule has 0 unspecified atom stereocenters. The van der Waals surface area contributed by atoms with Crippen LogP contribution in [-0.4, -0.2) is 45.6 Å². The Hall–Kier alpha value is -1.90. The number of halogens is 1. The highest BCUT2D eigenvalue weighted by molar-refractivity contribution is 7.89. The van der Waals surface area contributed by atoms with Gasteiger partial charge < -0.3 is 10.2 Å². The lowest BCUT2D eigenvalue weighted by Crippen LogP contribution is -2.29. The van der Waals surface area contributed by atoms with Gasteiger partial charge in [-0.3, -0.25) is 0 Å². The number of nitrogens with one attached hydrogen (secondary N) is 2. The van der Waals surface area contributed by atoms with Gasteiger partial charge in [0.2, 0.25) is 16.0 Å². The smallest absolute Gasteiger partial charge is 0.240 e. The third-order valence-electron chi connectivity index (χ3n) is 3.12. The van der Waals surface area contributed by atoms with E-state index in [1.165, 1.54) is 24.3 Å². The van der Waals surface area contributed by atoms with Crippen molar-refractivity contribution in [3.63, 3.8) is 0 Å². The zero-order chi connectivity index (χ0) is 17.7. The molecule has 2 rings (SSSR count). The van der Waals surface area contributed by atoms with E-state index in [4.69, 9.17) is 11.6 Å². The molecule has 0 amide bonds. The van der Waals surface area contributed by atoms with Crippen molar-refractivity contribution in [3.8, 4) is 0 Å². The van der Waals surface area contributed by atoms with Crippen LogP contribution in [0.2, 0.25) is 5.02 Å². The van der Waals surface area contributed by atoms with Crippen molar-refractivity contribution in [2.75, 3.05) is 37.4 Å². The SMILES string of the molecule is Cc1cc(N(C)C)nc(NCCNS(=O)(=O)c2ccc(Cl)cc2)n1. The minimum Gasteiger partial charge on any atom is -0.363 e. The molecule has 0 saturated carbocycles. The van der Waals surface area contributed by atoms with Gasteiger partial charge in [0.15, 0.2) is 0 Å². The molecule has 2 aromatic rings. The molecule has 0 radical (unpaired) electrons. The van der Waals surface area contributed by atoms with Crippen LogP contribution >= 0.6 is 11.6 Å². The van der Waals surface area contributed by atoms with Crippen LogP contribution in [0, 0.1) is 6.92 Å². The third-order valence-corrected chi connectivity index (χ3v) is 4.85. The fourth-order valence-electron chi connectivity index (χ4n) is 1.92. The van der Waals surface area contributed by atoms with Gasteiger partial charge in [0, 0.05) is 44.0 Å². The van der Waals surface area contributed by atoms with E-state index >= 15 is 0 Å². The number of hydrogen-bond donors (Lipinski definition) is 2. The number of sulfonamides is 1. The second kappa shape index (κ2) is 7.78. The summed E-state index contributed by atoms with van der Waals surface area (Å²) in [5.41, 5.74) is 0.831. The highest BCUT2D eigenvalue weighted by Crippen LogP contribution is 2.14. The van der Waals surface area contributed by atoms with Gasteiger partial charge in [0.1, 0.15) is 5.82 Å². The van der Waals surface area contributed by atoms with E-state index in [-0.39, 0.29) is 11.4 Å². The molecular weight excluding hydrogens is 350 g/mol. The monoisotopic (exact) mass is 369 g/mol. The van der Waals surface area contributed by atoms with E-state index in [1.807, 2.05) is 32.0 Å². The second-order valence-electron chi connectivity index (χ2n) is 5.36. The van der Waals surface area contributed by atoms with Crippen molar-refractivity contribution in [2.24, 2.45) is 0 Å². The van der Waals surface area contributed by atoms with Crippen molar-refractivity contribution in [1.29, 1.82) is 0 Å². The summed E-state index contributed by atoms with van der Waals surface area (Å²) < 4.78 is 26.8. The summed E-state index contributed by atoms with van der Waals surface area (Å²) in [5.74, 6) is 1.25. The van der Waals surface area contributed by atoms with Gasteiger partial charge >= 0.3 is 0 Å². The highest BCUT2D eigenvalue weighted by atomic mass is 35.5. The number of nitrogens with zero attached hydrogens (tertiary/aromatic N) is 3. The lowest BCUT2D eigenvalue weighted by Gasteiger charge is -2.14. The topological polar surface area (TPSA) is 87.2 Å². The van der Waals surface area contributed by atoms with Crippen LogP contribution in [0.15, 0.2) is 35.2 Å². The van der Waals surface area contributed by atoms with Crippen molar-refractivity contribution in [3.05, 3.63) is 41.0 Å². The Morgan fingerprint density at radius 1 is 1.12 bits per heavy atom. The van der Waals surface area contributed by atoms with E-state index in [2.05, 4.69) is 20.0 Å². The summed E-state index contributed by atoms with van der Waals surface area (Å²) in [6.45, 7) is 2.45. The minimum absolute atomic E-state index is 0.175. The maximum atomic E-state index is 12.1. The number of aromatic nitrogens is 2. The normalized spacial score (nSPS) is 11.3. The van der Waals surface area contributed by atoms with Gasteiger partial charge in [-0.25, -0.2) is 18.1 Å². The Labute approximate surface area is 147 Å². The molecule has 0 bridgehead atoms. The standard InChI is InChI=1S/C15H20ClN5O2S/c1-11-10-14(21(2)3)20-15(19-11)17-8-9-18-24(22,23)13-6-4-12(16)5-7-13/h4-7,10,18H,8-9H2,1-3H3,(H,17,19,20). The summed E-state index contributed by atoms with van der Waals surface area (Å²) in [7, 11) is 0.230. The van der Waals surface area contributed by atoms with E-state index in [0.29, 0.717) is 17.5 Å². The summed E-state index contributed by atoms with van der Waals surface area (Å²) >= 11 is 5.76. The van der Waals surface area contributed by atoms with Crippen molar-refractivity contribution in [2.45, 2.75) is 11.8 Å². The average Bonchev–Trinajstić information content (AvgIpc) is 2.51. The predicted octanol–water partition coefficient (Wildman–Crippen LogP) is 1.89. The number of rotatable bonds is 7. The fourth-order valence-corrected chi connectivity index (χ4v) is 3.07. The molecule has 0 aliphatic carbocycles. The quantitative estimate of drug-likeness (QED) is 0.725.